The molecule has 0 saturated heterocycles. The van der Waals surface area contributed by atoms with E-state index in [1.807, 2.05) is 0 Å². The summed E-state index contributed by atoms with van der Waals surface area (Å²) in [5.41, 5.74) is -0.259. The van der Waals surface area contributed by atoms with Crippen molar-refractivity contribution in [3.05, 3.63) is 72.3 Å². The molecule has 0 unspecified atom stereocenters. The molecule has 1 atom stereocenters. The van der Waals surface area contributed by atoms with Crippen LogP contribution in [-0.2, 0) is 4.74 Å². The van der Waals surface area contributed by atoms with Crippen LogP contribution in [0, 0.1) is 11.8 Å². The number of hydrogen-bond acceptors (Lipinski definition) is 12. The summed E-state index contributed by atoms with van der Waals surface area (Å²) < 4.78 is 97.7. The van der Waals surface area contributed by atoms with Gasteiger partial charge in [0.05, 0.1) is 31.2 Å². The molecule has 306 valence electrons. The van der Waals surface area contributed by atoms with Gasteiger partial charge in [0.25, 0.3) is 5.91 Å². The monoisotopic (exact) mass is 809 g/mol. The van der Waals surface area contributed by atoms with Gasteiger partial charge in [-0.1, -0.05) is 0 Å². The molecule has 2 fully saturated rings. The van der Waals surface area contributed by atoms with Crippen LogP contribution in [0.25, 0.3) is 22.5 Å². The Morgan fingerprint density at radius 3 is 1.70 bits per heavy atom. The summed E-state index contributed by atoms with van der Waals surface area (Å²) in [6.07, 6.45) is -3.36. The minimum absolute atomic E-state index is 0.0266. The van der Waals surface area contributed by atoms with Gasteiger partial charge in [0.1, 0.15) is 35.2 Å². The number of benzene rings is 2. The summed E-state index contributed by atoms with van der Waals surface area (Å²) in [6, 6.07) is 9.86. The van der Waals surface area contributed by atoms with Gasteiger partial charge in [0.2, 0.25) is 11.8 Å². The number of aliphatic hydroxyl groups is 1. The van der Waals surface area contributed by atoms with Crippen LogP contribution in [0.15, 0.2) is 60.9 Å². The van der Waals surface area contributed by atoms with E-state index in [2.05, 4.69) is 34.7 Å². The maximum absolute atomic E-state index is 12.6. The van der Waals surface area contributed by atoms with Gasteiger partial charge >= 0.3 is 18.7 Å². The number of hydrogen-bond donors (Lipinski definition) is 3. The molecule has 0 aliphatic heterocycles. The normalized spacial score (nSPS) is 15.0. The number of nitrogens with one attached hydrogen (secondary N) is 1. The number of aromatic carboxylic acids is 1. The number of carboxylic acids is 1. The topological polar surface area (TPSA) is 184 Å². The Labute approximate surface area is 321 Å². The highest BCUT2D eigenvalue weighted by Gasteiger charge is 2.40. The van der Waals surface area contributed by atoms with Crippen LogP contribution in [0.3, 0.4) is 0 Å². The quantitative estimate of drug-likeness (QED) is 0.0826. The van der Waals surface area contributed by atoms with Crippen molar-refractivity contribution < 1.29 is 69.8 Å². The molecule has 2 aromatic heterocycles. The lowest BCUT2D eigenvalue weighted by Gasteiger charge is -2.23. The number of rotatable bonds is 16. The molecule has 0 radical (unpaired) electrons. The summed E-state index contributed by atoms with van der Waals surface area (Å²) in [6.45, 7) is 2.59. The molecule has 4 aromatic rings. The minimum atomic E-state index is -4.81. The second-order valence-corrected chi connectivity index (χ2v) is 13.2. The van der Waals surface area contributed by atoms with Gasteiger partial charge in [-0.3, -0.25) is 4.79 Å². The van der Waals surface area contributed by atoms with E-state index >= 15 is 0 Å². The van der Waals surface area contributed by atoms with Crippen molar-refractivity contribution in [3.63, 3.8) is 0 Å². The standard InChI is InChI=1S/C21H24F3N3O5.C16H13F3N2O4/c1-20(29,14-5-6-14)12-26-18(28)16-11-25-19(31-10-9-30-2)17(27-16)13-3-7-15(8-4-13)32-21(22,23)24;17-16(18,19)25-11-5-3-10(4-6-11)13-14(24-8-9-1-2-9)20-7-12(21-13)15(22)23/h3-4,7-8,11,14,29H,5-6,9-10,12H2,1-2H3,(H,26,28);3-7,9H,1-2,8H2,(H,22,23)/t20-;/m0./s1. The van der Waals surface area contributed by atoms with Crippen molar-refractivity contribution in [1.82, 2.24) is 25.3 Å². The van der Waals surface area contributed by atoms with Gasteiger partial charge in [-0.25, -0.2) is 24.7 Å². The maximum atomic E-state index is 12.6. The van der Waals surface area contributed by atoms with E-state index in [0.717, 1.165) is 56.1 Å². The number of methoxy groups -OCH3 is 1. The van der Waals surface area contributed by atoms with E-state index in [4.69, 9.17) is 19.3 Å². The predicted octanol–water partition coefficient (Wildman–Crippen LogP) is 6.49. The SMILES string of the molecule is COCCOc1ncc(C(=O)NC[C@](C)(O)C2CC2)nc1-c1ccc(OC(F)(F)F)cc1.O=C(O)c1cnc(OCC2CC2)c(-c2ccc(OC(F)(F)F)cc2)n1. The third kappa shape index (κ3) is 13.2. The Bertz CT molecular complexity index is 1990. The zero-order chi connectivity index (χ0) is 41.4. The average Bonchev–Trinajstić information content (AvgIpc) is 4.08. The first-order chi connectivity index (χ1) is 26.9. The van der Waals surface area contributed by atoms with E-state index in [9.17, 15) is 41.0 Å². The Balaban J connectivity index is 0.000000224. The van der Waals surface area contributed by atoms with E-state index in [0.29, 0.717) is 23.7 Å². The number of alkyl halides is 6. The highest BCUT2D eigenvalue weighted by Crippen LogP contribution is 2.39. The molecule has 14 nitrogen and oxygen atoms in total. The molecule has 2 saturated carbocycles. The van der Waals surface area contributed by atoms with Crippen LogP contribution in [0.2, 0.25) is 0 Å². The van der Waals surface area contributed by atoms with Crippen LogP contribution in [0.1, 0.15) is 53.6 Å². The van der Waals surface area contributed by atoms with Crippen LogP contribution in [0.4, 0.5) is 26.3 Å². The summed E-state index contributed by atoms with van der Waals surface area (Å²) in [5.74, 6) is -1.77. The first kappa shape index (κ1) is 42.4. The number of carboxylic acid groups (broad SMARTS) is 1. The molecule has 0 bridgehead atoms. The molecule has 57 heavy (non-hydrogen) atoms. The molecular formula is C37H37F6N5O9. The third-order valence-electron chi connectivity index (χ3n) is 8.39. The Morgan fingerprint density at radius 1 is 0.754 bits per heavy atom. The average molecular weight is 810 g/mol. The molecule has 2 aliphatic carbocycles. The van der Waals surface area contributed by atoms with Crippen molar-refractivity contribution >= 4 is 11.9 Å². The fourth-order valence-electron chi connectivity index (χ4n) is 5.09. The number of halogens is 6. The third-order valence-corrected chi connectivity index (χ3v) is 8.39. The van der Waals surface area contributed by atoms with Crippen molar-refractivity contribution in [1.29, 1.82) is 0 Å². The number of nitrogens with zero attached hydrogens (tertiary/aromatic N) is 4. The Hall–Kier alpha value is -5.76. The number of carbonyl (C=O) groups is 2. The summed E-state index contributed by atoms with van der Waals surface area (Å²) in [4.78, 5) is 40.1. The lowest BCUT2D eigenvalue weighted by Crippen LogP contribution is -2.42. The molecule has 2 heterocycles. The molecule has 3 N–H and O–H groups in total. The number of carbonyl (C=O) groups excluding carboxylic acids is 1. The fraction of sp³-hybridized carbons (Fsp3) is 0.405. The van der Waals surface area contributed by atoms with Crippen molar-refractivity contribution in [3.8, 4) is 45.8 Å². The van der Waals surface area contributed by atoms with Gasteiger partial charge in [-0.05, 0) is 93.0 Å². The lowest BCUT2D eigenvalue weighted by atomic mass is 10.0. The first-order valence-electron chi connectivity index (χ1n) is 17.4. The smallest absolute Gasteiger partial charge is 0.476 e. The molecule has 2 aliphatic rings. The molecule has 6 rings (SSSR count). The van der Waals surface area contributed by atoms with Crippen molar-refractivity contribution in [2.75, 3.05) is 33.5 Å². The first-order valence-corrected chi connectivity index (χ1v) is 17.4. The van der Waals surface area contributed by atoms with E-state index in [-0.39, 0.29) is 66.0 Å². The second kappa shape index (κ2) is 18.0. The Morgan fingerprint density at radius 2 is 1.25 bits per heavy atom. The van der Waals surface area contributed by atoms with Crippen LogP contribution >= 0.6 is 0 Å². The number of aromatic nitrogens is 4. The summed E-state index contributed by atoms with van der Waals surface area (Å²) in [7, 11) is 1.50. The highest BCUT2D eigenvalue weighted by molar-refractivity contribution is 5.92. The number of ether oxygens (including phenoxy) is 5. The van der Waals surface area contributed by atoms with E-state index < -0.39 is 36.0 Å². The fourth-order valence-corrected chi connectivity index (χ4v) is 5.09. The van der Waals surface area contributed by atoms with Gasteiger partial charge in [-0.15, -0.1) is 26.3 Å². The van der Waals surface area contributed by atoms with Crippen LogP contribution < -0.4 is 24.3 Å². The summed E-state index contributed by atoms with van der Waals surface area (Å²) in [5, 5.41) is 22.1. The van der Waals surface area contributed by atoms with Crippen molar-refractivity contribution in [2.24, 2.45) is 11.8 Å². The lowest BCUT2D eigenvalue weighted by molar-refractivity contribution is -0.275. The maximum Gasteiger partial charge on any atom is 0.573 e. The Kier molecular flexibility index (Phi) is 13.4. The molecular weight excluding hydrogens is 772 g/mol. The molecule has 0 spiro atoms. The highest BCUT2D eigenvalue weighted by atomic mass is 19.4. The van der Waals surface area contributed by atoms with Gasteiger partial charge in [0.15, 0.2) is 5.69 Å². The second-order valence-electron chi connectivity index (χ2n) is 13.2. The predicted molar refractivity (Wildman–Crippen MR) is 187 cm³/mol. The van der Waals surface area contributed by atoms with Crippen LogP contribution in [-0.4, -0.2) is 93.8 Å². The molecule has 2 aromatic carbocycles. The van der Waals surface area contributed by atoms with E-state index in [1.165, 1.54) is 37.6 Å². The van der Waals surface area contributed by atoms with Gasteiger partial charge < -0.3 is 39.2 Å². The number of amides is 1. The zero-order valence-electron chi connectivity index (χ0n) is 30.4. The summed E-state index contributed by atoms with van der Waals surface area (Å²) >= 11 is 0. The van der Waals surface area contributed by atoms with E-state index in [1.54, 1.807) is 6.92 Å². The minimum Gasteiger partial charge on any atom is -0.476 e. The van der Waals surface area contributed by atoms with Gasteiger partial charge in [-0.2, -0.15) is 0 Å². The zero-order valence-corrected chi connectivity index (χ0v) is 30.4. The van der Waals surface area contributed by atoms with Crippen LogP contribution in [0.5, 0.6) is 23.3 Å². The van der Waals surface area contributed by atoms with Crippen molar-refractivity contribution in [2.45, 2.75) is 50.9 Å². The molecule has 20 heteroatoms. The largest absolute Gasteiger partial charge is 0.573 e. The molecule has 1 amide bonds. The van der Waals surface area contributed by atoms with Gasteiger partial charge in [0, 0.05) is 24.8 Å².